The van der Waals surface area contributed by atoms with Crippen molar-refractivity contribution in [2.75, 3.05) is 10.6 Å². The van der Waals surface area contributed by atoms with Crippen LogP contribution >= 0.6 is 0 Å². The molecule has 3 rings (SSSR count). The highest BCUT2D eigenvalue weighted by molar-refractivity contribution is 5.54. The van der Waals surface area contributed by atoms with Crippen LogP contribution in [0.4, 0.5) is 21.8 Å². The number of anilines is 3. The lowest BCUT2D eigenvalue weighted by molar-refractivity contribution is 0.631. The van der Waals surface area contributed by atoms with Crippen molar-refractivity contribution in [3.8, 4) is 0 Å². The molecule has 6 nitrogen and oxygen atoms in total. The molecule has 0 bridgehead atoms. The minimum Gasteiger partial charge on any atom is -0.364 e. The fourth-order valence-electron chi connectivity index (χ4n) is 1.82. The number of rotatable bonds is 5. The van der Waals surface area contributed by atoms with Gasteiger partial charge >= 0.3 is 0 Å². The molecule has 0 aliphatic rings. The maximum absolute atomic E-state index is 13.6. The van der Waals surface area contributed by atoms with Crippen molar-refractivity contribution in [2.24, 2.45) is 0 Å². The van der Waals surface area contributed by atoms with Crippen LogP contribution in [0.15, 0.2) is 55.0 Å². The van der Waals surface area contributed by atoms with E-state index in [0.717, 1.165) is 5.56 Å². The van der Waals surface area contributed by atoms with Crippen LogP contribution in [-0.4, -0.2) is 20.2 Å². The summed E-state index contributed by atoms with van der Waals surface area (Å²) in [4.78, 5) is 8.28. The van der Waals surface area contributed by atoms with Crippen LogP contribution in [0.3, 0.4) is 0 Å². The van der Waals surface area contributed by atoms with Gasteiger partial charge in [0, 0.05) is 18.9 Å². The summed E-state index contributed by atoms with van der Waals surface area (Å²) in [5.41, 5.74) is 1.32. The Kier molecular flexibility index (Phi) is 4.15. The van der Waals surface area contributed by atoms with Crippen molar-refractivity contribution in [3.63, 3.8) is 0 Å². The number of pyridine rings is 1. The minimum atomic E-state index is -0.375. The predicted octanol–water partition coefficient (Wildman–Crippen LogP) is 2.76. The zero-order chi connectivity index (χ0) is 15.2. The van der Waals surface area contributed by atoms with E-state index in [-0.39, 0.29) is 11.8 Å². The van der Waals surface area contributed by atoms with Gasteiger partial charge in [0.25, 0.3) is 0 Å². The summed E-state index contributed by atoms with van der Waals surface area (Å²) in [5.74, 6) is 0.388. The molecular weight excluding hydrogens is 283 g/mol. The van der Waals surface area contributed by atoms with E-state index in [2.05, 4.69) is 30.8 Å². The van der Waals surface area contributed by atoms with Crippen molar-refractivity contribution < 1.29 is 4.39 Å². The van der Waals surface area contributed by atoms with Gasteiger partial charge in [0.15, 0.2) is 5.82 Å². The Hall–Kier alpha value is -3.09. The summed E-state index contributed by atoms with van der Waals surface area (Å²) in [7, 11) is 0. The van der Waals surface area contributed by atoms with Gasteiger partial charge in [0.2, 0.25) is 5.95 Å². The standard InChI is InChI=1S/C15H13FN6/c16-12-5-1-2-6-13(12)20-15-21-14(10-19-22-15)18-9-11-4-3-7-17-8-11/h1-8,10H,9H2,(H2,18,20,21,22). The first kappa shape index (κ1) is 13.9. The number of aromatic nitrogens is 4. The molecule has 0 saturated carbocycles. The molecule has 2 heterocycles. The van der Waals surface area contributed by atoms with Crippen molar-refractivity contribution in [1.82, 2.24) is 20.2 Å². The Morgan fingerprint density at radius 3 is 2.77 bits per heavy atom. The first-order valence-corrected chi connectivity index (χ1v) is 6.65. The molecule has 22 heavy (non-hydrogen) atoms. The molecule has 0 atom stereocenters. The molecule has 0 radical (unpaired) electrons. The van der Waals surface area contributed by atoms with Gasteiger partial charge in [-0.15, -0.1) is 5.10 Å². The van der Waals surface area contributed by atoms with Crippen LogP contribution in [0, 0.1) is 5.82 Å². The maximum atomic E-state index is 13.6. The molecule has 0 fully saturated rings. The van der Waals surface area contributed by atoms with Crippen LogP contribution in [0.1, 0.15) is 5.56 Å². The Balaban J connectivity index is 1.69. The average Bonchev–Trinajstić information content (AvgIpc) is 2.57. The highest BCUT2D eigenvalue weighted by Crippen LogP contribution is 2.17. The summed E-state index contributed by atoms with van der Waals surface area (Å²) >= 11 is 0. The van der Waals surface area contributed by atoms with Gasteiger partial charge in [-0.3, -0.25) is 4.98 Å². The highest BCUT2D eigenvalue weighted by Gasteiger charge is 2.05. The molecule has 0 aliphatic carbocycles. The van der Waals surface area contributed by atoms with Gasteiger partial charge in [0.05, 0.1) is 11.9 Å². The molecule has 0 unspecified atom stereocenters. The molecule has 7 heteroatoms. The molecule has 2 N–H and O–H groups in total. The number of benzene rings is 1. The normalized spacial score (nSPS) is 10.2. The van der Waals surface area contributed by atoms with E-state index >= 15 is 0 Å². The second-order valence-corrected chi connectivity index (χ2v) is 4.48. The van der Waals surface area contributed by atoms with E-state index in [1.807, 2.05) is 12.1 Å². The van der Waals surface area contributed by atoms with Crippen LogP contribution < -0.4 is 10.6 Å². The molecule has 2 aromatic heterocycles. The predicted molar refractivity (Wildman–Crippen MR) is 81.1 cm³/mol. The molecule has 0 spiro atoms. The molecule has 0 aliphatic heterocycles. The van der Waals surface area contributed by atoms with Gasteiger partial charge in [-0.2, -0.15) is 10.1 Å². The van der Waals surface area contributed by atoms with E-state index in [1.54, 1.807) is 30.6 Å². The summed E-state index contributed by atoms with van der Waals surface area (Å²) in [6, 6.07) is 10.1. The van der Waals surface area contributed by atoms with Gasteiger partial charge in [-0.05, 0) is 23.8 Å². The molecule has 110 valence electrons. The summed E-state index contributed by atoms with van der Waals surface area (Å²) in [5, 5.41) is 13.6. The van der Waals surface area contributed by atoms with E-state index < -0.39 is 0 Å². The molecule has 3 aromatic rings. The fraction of sp³-hybridized carbons (Fsp3) is 0.0667. The first-order chi connectivity index (χ1) is 10.8. The number of halogens is 1. The van der Waals surface area contributed by atoms with Crippen molar-refractivity contribution in [1.29, 1.82) is 0 Å². The number of hydrogen-bond donors (Lipinski definition) is 2. The summed E-state index contributed by atoms with van der Waals surface area (Å²) in [6.07, 6.45) is 4.98. The Morgan fingerprint density at radius 2 is 1.95 bits per heavy atom. The minimum absolute atomic E-state index is 0.223. The number of para-hydroxylation sites is 1. The second-order valence-electron chi connectivity index (χ2n) is 4.48. The first-order valence-electron chi connectivity index (χ1n) is 6.65. The van der Waals surface area contributed by atoms with Crippen LogP contribution in [0.2, 0.25) is 0 Å². The third kappa shape index (κ3) is 3.51. The second kappa shape index (κ2) is 6.57. The third-order valence-electron chi connectivity index (χ3n) is 2.88. The van der Waals surface area contributed by atoms with E-state index in [9.17, 15) is 4.39 Å². The summed E-state index contributed by atoms with van der Waals surface area (Å²) in [6.45, 7) is 0.561. The number of nitrogens with one attached hydrogen (secondary N) is 2. The van der Waals surface area contributed by atoms with Crippen LogP contribution in [-0.2, 0) is 6.54 Å². The Morgan fingerprint density at radius 1 is 1.05 bits per heavy atom. The molecule has 1 aromatic carbocycles. The average molecular weight is 296 g/mol. The number of nitrogens with zero attached hydrogens (tertiary/aromatic N) is 4. The SMILES string of the molecule is Fc1ccccc1Nc1nncc(NCc2cccnc2)n1. The largest absolute Gasteiger partial charge is 0.364 e. The quantitative estimate of drug-likeness (QED) is 0.754. The van der Waals surface area contributed by atoms with Crippen molar-refractivity contribution in [3.05, 3.63) is 66.4 Å². The molecule has 0 amide bonds. The topological polar surface area (TPSA) is 75.6 Å². The van der Waals surface area contributed by atoms with Gasteiger partial charge < -0.3 is 10.6 Å². The van der Waals surface area contributed by atoms with E-state index in [0.29, 0.717) is 18.1 Å². The Labute approximate surface area is 126 Å². The van der Waals surface area contributed by atoms with Gasteiger partial charge in [-0.25, -0.2) is 4.39 Å². The molecular formula is C15H13FN6. The number of hydrogen-bond acceptors (Lipinski definition) is 6. The zero-order valence-corrected chi connectivity index (χ0v) is 11.6. The summed E-state index contributed by atoms with van der Waals surface area (Å²) < 4.78 is 13.6. The zero-order valence-electron chi connectivity index (χ0n) is 11.6. The van der Waals surface area contributed by atoms with E-state index in [1.165, 1.54) is 12.3 Å². The maximum Gasteiger partial charge on any atom is 0.249 e. The van der Waals surface area contributed by atoms with E-state index in [4.69, 9.17) is 0 Å². The van der Waals surface area contributed by atoms with Gasteiger partial charge in [0.1, 0.15) is 5.82 Å². The van der Waals surface area contributed by atoms with Crippen LogP contribution in [0.25, 0.3) is 0 Å². The van der Waals surface area contributed by atoms with Crippen LogP contribution in [0.5, 0.6) is 0 Å². The third-order valence-corrected chi connectivity index (χ3v) is 2.88. The molecule has 0 saturated heterocycles. The highest BCUT2D eigenvalue weighted by atomic mass is 19.1. The fourth-order valence-corrected chi connectivity index (χ4v) is 1.82. The Bertz CT molecular complexity index is 750. The lowest BCUT2D eigenvalue weighted by Gasteiger charge is -2.08. The lowest BCUT2D eigenvalue weighted by Crippen LogP contribution is -2.06. The van der Waals surface area contributed by atoms with Crippen molar-refractivity contribution in [2.45, 2.75) is 6.54 Å². The van der Waals surface area contributed by atoms with Crippen molar-refractivity contribution >= 4 is 17.5 Å². The smallest absolute Gasteiger partial charge is 0.249 e. The monoisotopic (exact) mass is 296 g/mol. The lowest BCUT2D eigenvalue weighted by atomic mass is 10.3. The van der Waals surface area contributed by atoms with Gasteiger partial charge in [-0.1, -0.05) is 18.2 Å².